The standard InChI is InChI=1S/C12H13N/c1-12(2)7-5-10-4-3-9-13-11(10)6-8-12/h3-9H,1-2H3. The molecule has 1 aromatic rings. The molecular formula is C12H13N. The second-order valence-corrected chi connectivity index (χ2v) is 3.97. The first-order chi connectivity index (χ1) is 6.17. The maximum atomic E-state index is 4.31. The summed E-state index contributed by atoms with van der Waals surface area (Å²) in [6.07, 6.45) is 10.5. The van der Waals surface area contributed by atoms with E-state index < -0.39 is 0 Å². The molecule has 0 atom stereocenters. The fourth-order valence-electron chi connectivity index (χ4n) is 1.36. The van der Waals surface area contributed by atoms with Crippen LogP contribution >= 0.6 is 0 Å². The van der Waals surface area contributed by atoms with E-state index in [1.807, 2.05) is 12.3 Å². The van der Waals surface area contributed by atoms with Crippen LogP contribution in [0, 0.1) is 5.41 Å². The van der Waals surface area contributed by atoms with Crippen molar-refractivity contribution in [2.75, 3.05) is 0 Å². The molecule has 0 amide bonds. The quantitative estimate of drug-likeness (QED) is 0.584. The minimum atomic E-state index is 0.140. The van der Waals surface area contributed by atoms with Gasteiger partial charge in [0, 0.05) is 11.6 Å². The molecule has 0 aromatic carbocycles. The van der Waals surface area contributed by atoms with Crippen molar-refractivity contribution in [2.24, 2.45) is 5.41 Å². The molecule has 1 heteroatoms. The van der Waals surface area contributed by atoms with Crippen LogP contribution in [0.25, 0.3) is 12.2 Å². The van der Waals surface area contributed by atoms with Crippen molar-refractivity contribution in [1.82, 2.24) is 4.98 Å². The van der Waals surface area contributed by atoms with Crippen molar-refractivity contribution in [3.63, 3.8) is 0 Å². The first-order valence-electron chi connectivity index (χ1n) is 4.51. The van der Waals surface area contributed by atoms with Gasteiger partial charge in [-0.1, -0.05) is 38.1 Å². The summed E-state index contributed by atoms with van der Waals surface area (Å²) in [7, 11) is 0. The zero-order valence-electron chi connectivity index (χ0n) is 7.99. The van der Waals surface area contributed by atoms with E-state index in [0.29, 0.717) is 0 Å². The topological polar surface area (TPSA) is 12.9 Å². The van der Waals surface area contributed by atoms with Crippen LogP contribution in [0.15, 0.2) is 30.5 Å². The Kier molecular flexibility index (Phi) is 1.80. The molecule has 1 aliphatic rings. The lowest BCUT2D eigenvalue weighted by Gasteiger charge is -2.11. The Balaban J connectivity index is 2.53. The van der Waals surface area contributed by atoms with E-state index in [-0.39, 0.29) is 5.41 Å². The number of fused-ring (bicyclic) bond motifs is 1. The molecule has 0 fully saturated rings. The van der Waals surface area contributed by atoms with Gasteiger partial charge in [0.05, 0.1) is 5.69 Å². The normalized spacial score (nSPS) is 18.0. The molecule has 2 rings (SSSR count). The highest BCUT2D eigenvalue weighted by molar-refractivity contribution is 5.65. The van der Waals surface area contributed by atoms with Crippen LogP contribution in [0.3, 0.4) is 0 Å². The molecule has 13 heavy (non-hydrogen) atoms. The molecule has 0 unspecified atom stereocenters. The lowest BCUT2D eigenvalue weighted by molar-refractivity contribution is 0.633. The van der Waals surface area contributed by atoms with Gasteiger partial charge < -0.3 is 0 Å². The minimum absolute atomic E-state index is 0.140. The maximum absolute atomic E-state index is 4.31. The smallest absolute Gasteiger partial charge is 0.0698 e. The van der Waals surface area contributed by atoms with Gasteiger partial charge in [0.2, 0.25) is 0 Å². The summed E-state index contributed by atoms with van der Waals surface area (Å²) < 4.78 is 0. The van der Waals surface area contributed by atoms with Crippen molar-refractivity contribution >= 4 is 12.2 Å². The summed E-state index contributed by atoms with van der Waals surface area (Å²) in [5, 5.41) is 0. The molecule has 0 spiro atoms. The largest absolute Gasteiger partial charge is 0.256 e. The number of rotatable bonds is 0. The highest BCUT2D eigenvalue weighted by atomic mass is 14.7. The van der Waals surface area contributed by atoms with Crippen LogP contribution in [0.4, 0.5) is 0 Å². The number of allylic oxidation sites excluding steroid dienone is 2. The molecule has 1 heterocycles. The van der Waals surface area contributed by atoms with Crippen LogP contribution in [-0.4, -0.2) is 4.98 Å². The van der Waals surface area contributed by atoms with Crippen LogP contribution in [-0.2, 0) is 0 Å². The third kappa shape index (κ3) is 1.69. The Hall–Kier alpha value is -1.37. The van der Waals surface area contributed by atoms with E-state index in [9.17, 15) is 0 Å². The molecule has 1 aromatic heterocycles. The van der Waals surface area contributed by atoms with Gasteiger partial charge in [0.15, 0.2) is 0 Å². The fraction of sp³-hybridized carbons (Fsp3) is 0.250. The zero-order valence-corrected chi connectivity index (χ0v) is 7.99. The molecule has 0 radical (unpaired) electrons. The summed E-state index contributed by atoms with van der Waals surface area (Å²) in [5.74, 6) is 0. The highest BCUT2D eigenvalue weighted by Crippen LogP contribution is 2.26. The van der Waals surface area contributed by atoms with Gasteiger partial charge in [-0.2, -0.15) is 0 Å². The van der Waals surface area contributed by atoms with Gasteiger partial charge in [0.1, 0.15) is 0 Å². The molecular weight excluding hydrogens is 158 g/mol. The summed E-state index contributed by atoms with van der Waals surface area (Å²) in [6, 6.07) is 4.06. The number of hydrogen-bond donors (Lipinski definition) is 0. The molecule has 1 aliphatic carbocycles. The Morgan fingerprint density at radius 3 is 2.77 bits per heavy atom. The number of aromatic nitrogens is 1. The Labute approximate surface area is 78.8 Å². The predicted octanol–water partition coefficient (Wildman–Crippen LogP) is 3.15. The predicted molar refractivity (Wildman–Crippen MR) is 56.1 cm³/mol. The Bertz CT molecular complexity index is 337. The fourth-order valence-corrected chi connectivity index (χ4v) is 1.36. The van der Waals surface area contributed by atoms with E-state index in [0.717, 1.165) is 5.69 Å². The lowest BCUT2D eigenvalue weighted by atomic mass is 9.93. The number of hydrogen-bond acceptors (Lipinski definition) is 1. The van der Waals surface area contributed by atoms with Crippen LogP contribution in [0.2, 0.25) is 0 Å². The average molecular weight is 171 g/mol. The van der Waals surface area contributed by atoms with Crippen molar-refractivity contribution in [2.45, 2.75) is 13.8 Å². The van der Waals surface area contributed by atoms with Crippen molar-refractivity contribution in [1.29, 1.82) is 0 Å². The summed E-state index contributed by atoms with van der Waals surface area (Å²) in [5.41, 5.74) is 2.40. The maximum Gasteiger partial charge on any atom is 0.0698 e. The average Bonchev–Trinajstić information content (AvgIpc) is 2.27. The summed E-state index contributed by atoms with van der Waals surface area (Å²) in [6.45, 7) is 4.37. The molecule has 1 nitrogen and oxygen atoms in total. The Morgan fingerprint density at radius 2 is 1.92 bits per heavy atom. The summed E-state index contributed by atoms with van der Waals surface area (Å²) >= 11 is 0. The number of pyridine rings is 1. The first-order valence-corrected chi connectivity index (χ1v) is 4.51. The van der Waals surface area contributed by atoms with Crippen LogP contribution < -0.4 is 0 Å². The minimum Gasteiger partial charge on any atom is -0.256 e. The van der Waals surface area contributed by atoms with Crippen LogP contribution in [0.5, 0.6) is 0 Å². The number of nitrogens with zero attached hydrogens (tertiary/aromatic N) is 1. The van der Waals surface area contributed by atoms with Gasteiger partial charge in [0.25, 0.3) is 0 Å². The Morgan fingerprint density at radius 1 is 1.15 bits per heavy atom. The molecule has 66 valence electrons. The third-order valence-electron chi connectivity index (χ3n) is 2.23. The van der Waals surface area contributed by atoms with E-state index in [2.05, 4.69) is 49.2 Å². The lowest BCUT2D eigenvalue weighted by Crippen LogP contribution is -1.99. The van der Waals surface area contributed by atoms with Gasteiger partial charge >= 0.3 is 0 Å². The SMILES string of the molecule is CC1(C)C=Cc2cccnc2C=C1. The molecule has 0 saturated heterocycles. The summed E-state index contributed by atoms with van der Waals surface area (Å²) in [4.78, 5) is 4.31. The molecule has 0 saturated carbocycles. The van der Waals surface area contributed by atoms with Gasteiger partial charge in [-0.3, -0.25) is 4.98 Å². The van der Waals surface area contributed by atoms with E-state index in [4.69, 9.17) is 0 Å². The molecule has 0 N–H and O–H groups in total. The first kappa shape index (κ1) is 8.24. The van der Waals surface area contributed by atoms with E-state index in [1.165, 1.54) is 5.56 Å². The van der Waals surface area contributed by atoms with Gasteiger partial charge in [-0.15, -0.1) is 0 Å². The highest BCUT2D eigenvalue weighted by Gasteiger charge is 2.12. The second kappa shape index (κ2) is 2.84. The monoisotopic (exact) mass is 171 g/mol. The molecule has 0 aliphatic heterocycles. The second-order valence-electron chi connectivity index (χ2n) is 3.97. The van der Waals surface area contributed by atoms with E-state index >= 15 is 0 Å². The molecule has 0 bridgehead atoms. The zero-order chi connectivity index (χ0) is 9.31. The third-order valence-corrected chi connectivity index (χ3v) is 2.23. The van der Waals surface area contributed by atoms with Gasteiger partial charge in [-0.05, 0) is 17.7 Å². The van der Waals surface area contributed by atoms with Crippen molar-refractivity contribution in [3.8, 4) is 0 Å². The van der Waals surface area contributed by atoms with Crippen molar-refractivity contribution in [3.05, 3.63) is 41.7 Å². The van der Waals surface area contributed by atoms with Gasteiger partial charge in [-0.25, -0.2) is 0 Å². The van der Waals surface area contributed by atoms with Crippen LogP contribution in [0.1, 0.15) is 25.1 Å². The van der Waals surface area contributed by atoms with Crippen molar-refractivity contribution < 1.29 is 0 Å². The van der Waals surface area contributed by atoms with E-state index in [1.54, 1.807) is 0 Å².